The summed E-state index contributed by atoms with van der Waals surface area (Å²) in [6.07, 6.45) is 0.782. The minimum Gasteiger partial charge on any atom is -0.375 e. The summed E-state index contributed by atoms with van der Waals surface area (Å²) >= 11 is 1.52. The fourth-order valence-corrected chi connectivity index (χ4v) is 2.93. The van der Waals surface area contributed by atoms with Crippen LogP contribution in [0.1, 0.15) is 24.4 Å². The number of aromatic nitrogens is 1. The Morgan fingerprint density at radius 2 is 2.37 bits per heavy atom. The second-order valence-corrected chi connectivity index (χ2v) is 5.58. The molecule has 2 rings (SSSR count). The number of rotatable bonds is 3. The van der Waals surface area contributed by atoms with Crippen LogP contribution in [0, 0.1) is 6.92 Å². The predicted molar refractivity (Wildman–Crippen MR) is 79.3 cm³/mol. The van der Waals surface area contributed by atoms with E-state index in [2.05, 4.69) is 22.5 Å². The molecule has 1 aliphatic rings. The van der Waals surface area contributed by atoms with Crippen LogP contribution in [0.5, 0.6) is 0 Å². The molecule has 2 atom stereocenters. The van der Waals surface area contributed by atoms with Crippen molar-refractivity contribution in [3.63, 3.8) is 0 Å². The lowest BCUT2D eigenvalue weighted by Crippen LogP contribution is -2.53. The Balaban J connectivity index is 0.00000180. The number of anilines is 1. The molecule has 0 unspecified atom stereocenters. The molecule has 19 heavy (non-hydrogen) atoms. The SMILES string of the molecule is CCc1nc(NC(=O)[C@H]2NCCO[C@@H]2C)sc1C.Cl. The van der Waals surface area contributed by atoms with Crippen molar-refractivity contribution in [2.75, 3.05) is 18.5 Å². The summed E-state index contributed by atoms with van der Waals surface area (Å²) in [7, 11) is 0. The third-order valence-electron chi connectivity index (χ3n) is 3.06. The van der Waals surface area contributed by atoms with Gasteiger partial charge in [0.05, 0.1) is 18.4 Å². The van der Waals surface area contributed by atoms with E-state index >= 15 is 0 Å². The quantitative estimate of drug-likeness (QED) is 0.893. The van der Waals surface area contributed by atoms with Gasteiger partial charge in [0.25, 0.3) is 0 Å². The van der Waals surface area contributed by atoms with Gasteiger partial charge in [-0.15, -0.1) is 23.7 Å². The van der Waals surface area contributed by atoms with Crippen LogP contribution in [0.15, 0.2) is 0 Å². The first-order valence-corrected chi connectivity index (χ1v) is 7.05. The molecule has 1 aliphatic heterocycles. The minimum atomic E-state index is -0.298. The first kappa shape index (κ1) is 16.4. The number of nitrogens with one attached hydrogen (secondary N) is 2. The van der Waals surface area contributed by atoms with Crippen LogP contribution in [-0.4, -0.2) is 36.2 Å². The van der Waals surface area contributed by atoms with Gasteiger partial charge >= 0.3 is 0 Å². The summed E-state index contributed by atoms with van der Waals surface area (Å²) in [5.41, 5.74) is 1.05. The molecule has 0 saturated carbocycles. The fraction of sp³-hybridized carbons (Fsp3) is 0.667. The first-order valence-electron chi connectivity index (χ1n) is 6.24. The Hall–Kier alpha value is -0.690. The van der Waals surface area contributed by atoms with Crippen LogP contribution < -0.4 is 10.6 Å². The Morgan fingerprint density at radius 3 is 2.95 bits per heavy atom. The highest BCUT2D eigenvalue weighted by Gasteiger charge is 2.28. The number of ether oxygens (including phenoxy) is 1. The van der Waals surface area contributed by atoms with E-state index in [1.165, 1.54) is 11.3 Å². The number of hydrogen-bond donors (Lipinski definition) is 2. The van der Waals surface area contributed by atoms with Gasteiger partial charge in [-0.1, -0.05) is 6.92 Å². The number of hydrogen-bond acceptors (Lipinski definition) is 5. The van der Waals surface area contributed by atoms with E-state index in [-0.39, 0.29) is 30.5 Å². The van der Waals surface area contributed by atoms with Crippen molar-refractivity contribution in [2.45, 2.75) is 39.3 Å². The minimum absolute atomic E-state index is 0. The molecule has 1 saturated heterocycles. The van der Waals surface area contributed by atoms with Gasteiger partial charge in [0.15, 0.2) is 5.13 Å². The van der Waals surface area contributed by atoms with Gasteiger partial charge in [0, 0.05) is 11.4 Å². The van der Waals surface area contributed by atoms with E-state index in [1.54, 1.807) is 0 Å². The lowest BCUT2D eigenvalue weighted by molar-refractivity contribution is -0.123. The molecular formula is C12H20ClN3O2S. The zero-order chi connectivity index (χ0) is 13.1. The predicted octanol–water partition coefficient (Wildman–Crippen LogP) is 1.75. The number of amides is 1. The lowest BCUT2D eigenvalue weighted by atomic mass is 10.1. The Kier molecular flexibility index (Phi) is 6.19. The maximum atomic E-state index is 12.1. The van der Waals surface area contributed by atoms with Crippen molar-refractivity contribution >= 4 is 34.8 Å². The van der Waals surface area contributed by atoms with Crippen molar-refractivity contribution in [1.82, 2.24) is 10.3 Å². The molecule has 1 fully saturated rings. The molecule has 0 aromatic carbocycles. The second-order valence-electron chi connectivity index (χ2n) is 4.37. The summed E-state index contributed by atoms with van der Waals surface area (Å²) in [6, 6.07) is -0.298. The summed E-state index contributed by atoms with van der Waals surface area (Å²) in [5.74, 6) is -0.0707. The van der Waals surface area contributed by atoms with Crippen LogP contribution >= 0.6 is 23.7 Å². The van der Waals surface area contributed by atoms with Gasteiger partial charge in [-0.25, -0.2) is 4.98 Å². The van der Waals surface area contributed by atoms with Crippen molar-refractivity contribution in [3.05, 3.63) is 10.6 Å². The monoisotopic (exact) mass is 305 g/mol. The van der Waals surface area contributed by atoms with E-state index in [0.29, 0.717) is 18.3 Å². The third kappa shape index (κ3) is 3.89. The number of morpholine rings is 1. The van der Waals surface area contributed by atoms with E-state index in [1.807, 2.05) is 13.8 Å². The Bertz CT molecular complexity index is 439. The first-order chi connectivity index (χ1) is 8.61. The molecule has 1 amide bonds. The number of halogens is 1. The van der Waals surface area contributed by atoms with Crippen LogP contribution in [0.3, 0.4) is 0 Å². The number of aryl methyl sites for hydroxylation is 2. The zero-order valence-corrected chi connectivity index (χ0v) is 13.0. The largest absolute Gasteiger partial charge is 0.375 e. The average Bonchev–Trinajstić information content (AvgIpc) is 2.69. The van der Waals surface area contributed by atoms with Gasteiger partial charge in [-0.2, -0.15) is 0 Å². The fourth-order valence-electron chi connectivity index (χ4n) is 2.02. The molecule has 1 aromatic heterocycles. The topological polar surface area (TPSA) is 63.2 Å². The zero-order valence-electron chi connectivity index (χ0n) is 11.4. The summed E-state index contributed by atoms with van der Waals surface area (Å²) in [6.45, 7) is 7.35. The number of thiazole rings is 1. The van der Waals surface area contributed by atoms with E-state index < -0.39 is 0 Å². The molecular weight excluding hydrogens is 286 g/mol. The molecule has 0 aliphatic carbocycles. The number of nitrogens with zero attached hydrogens (tertiary/aromatic N) is 1. The molecule has 0 spiro atoms. The highest BCUT2D eigenvalue weighted by atomic mass is 35.5. The highest BCUT2D eigenvalue weighted by molar-refractivity contribution is 7.15. The third-order valence-corrected chi connectivity index (χ3v) is 3.99. The maximum absolute atomic E-state index is 12.1. The second kappa shape index (κ2) is 7.19. The number of carbonyl (C=O) groups excluding carboxylic acids is 1. The van der Waals surface area contributed by atoms with Gasteiger partial charge < -0.3 is 15.4 Å². The smallest absolute Gasteiger partial charge is 0.245 e. The molecule has 5 nitrogen and oxygen atoms in total. The molecule has 2 heterocycles. The Labute approximate surface area is 123 Å². The molecule has 2 N–H and O–H groups in total. The Morgan fingerprint density at radius 1 is 1.63 bits per heavy atom. The van der Waals surface area contributed by atoms with Gasteiger partial charge in [-0.05, 0) is 20.3 Å². The van der Waals surface area contributed by atoms with Crippen LogP contribution in [0.2, 0.25) is 0 Å². The van der Waals surface area contributed by atoms with Crippen molar-refractivity contribution in [2.24, 2.45) is 0 Å². The highest BCUT2D eigenvalue weighted by Crippen LogP contribution is 2.22. The van der Waals surface area contributed by atoms with E-state index in [9.17, 15) is 4.79 Å². The van der Waals surface area contributed by atoms with Crippen molar-refractivity contribution in [3.8, 4) is 0 Å². The molecule has 0 bridgehead atoms. The molecule has 0 radical (unpaired) electrons. The van der Waals surface area contributed by atoms with Gasteiger partial charge in [0.1, 0.15) is 6.04 Å². The molecule has 1 aromatic rings. The lowest BCUT2D eigenvalue weighted by Gasteiger charge is -2.28. The molecule has 108 valence electrons. The summed E-state index contributed by atoms with van der Waals surface area (Å²) < 4.78 is 5.46. The van der Waals surface area contributed by atoms with Gasteiger partial charge in [-0.3, -0.25) is 4.79 Å². The average molecular weight is 306 g/mol. The summed E-state index contributed by atoms with van der Waals surface area (Å²) in [5, 5.41) is 6.70. The van der Waals surface area contributed by atoms with Crippen LogP contribution in [0.25, 0.3) is 0 Å². The van der Waals surface area contributed by atoms with Crippen LogP contribution in [-0.2, 0) is 16.0 Å². The van der Waals surface area contributed by atoms with Crippen LogP contribution in [0.4, 0.5) is 5.13 Å². The van der Waals surface area contributed by atoms with E-state index in [4.69, 9.17) is 4.74 Å². The van der Waals surface area contributed by atoms with Gasteiger partial charge in [0.2, 0.25) is 5.91 Å². The number of carbonyl (C=O) groups is 1. The summed E-state index contributed by atoms with van der Waals surface area (Å²) in [4.78, 5) is 17.7. The van der Waals surface area contributed by atoms with Crippen molar-refractivity contribution < 1.29 is 9.53 Å². The van der Waals surface area contributed by atoms with Crippen molar-refractivity contribution in [1.29, 1.82) is 0 Å². The van der Waals surface area contributed by atoms with E-state index in [0.717, 1.165) is 17.0 Å². The maximum Gasteiger partial charge on any atom is 0.245 e. The normalized spacial score (nSPS) is 22.7. The standard InChI is InChI=1S/C12H19N3O2S.ClH/c1-4-9-8(3)18-12(14-9)15-11(16)10-7(2)17-6-5-13-10;/h7,10,13H,4-6H2,1-3H3,(H,14,15,16);1H/t7-,10+;/m1./s1. The molecule has 7 heteroatoms.